The minimum Gasteiger partial charge on any atom is -0.387 e. The summed E-state index contributed by atoms with van der Waals surface area (Å²) in [6.07, 6.45) is -0.940. The number of urea groups is 1. The van der Waals surface area contributed by atoms with E-state index in [1.807, 2.05) is 0 Å². The molecular weight excluding hydrogens is 295 g/mol. The van der Waals surface area contributed by atoms with Crippen LogP contribution in [0.4, 0.5) is 14.9 Å². The quantitative estimate of drug-likeness (QED) is 0.811. The number of amides is 2. The molecule has 2 aromatic carbocycles. The zero-order valence-electron chi connectivity index (χ0n) is 11.0. The van der Waals surface area contributed by atoms with Crippen LogP contribution in [0.25, 0.3) is 0 Å². The van der Waals surface area contributed by atoms with E-state index in [2.05, 4.69) is 10.6 Å². The maximum atomic E-state index is 13.4. The number of rotatable bonds is 4. The van der Waals surface area contributed by atoms with Crippen LogP contribution in [0.1, 0.15) is 11.7 Å². The molecule has 0 saturated carbocycles. The molecule has 3 N–H and O–H groups in total. The molecule has 6 heteroatoms. The Kier molecular flexibility index (Phi) is 5.14. The number of aliphatic hydroxyl groups is 1. The Morgan fingerprint density at radius 2 is 1.86 bits per heavy atom. The van der Waals surface area contributed by atoms with Crippen molar-refractivity contribution in [2.75, 3.05) is 11.9 Å². The first kappa shape index (κ1) is 15.3. The smallest absolute Gasteiger partial charge is 0.319 e. The minimum absolute atomic E-state index is 0.0377. The van der Waals surface area contributed by atoms with Gasteiger partial charge in [-0.25, -0.2) is 9.18 Å². The molecule has 4 nitrogen and oxygen atoms in total. The first-order valence-corrected chi connectivity index (χ1v) is 6.67. The van der Waals surface area contributed by atoms with E-state index in [1.54, 1.807) is 30.3 Å². The number of halogens is 2. The third-order valence-corrected chi connectivity index (χ3v) is 3.19. The molecule has 1 unspecified atom stereocenters. The predicted octanol–water partition coefficient (Wildman–Crippen LogP) is 3.33. The monoisotopic (exact) mass is 308 g/mol. The summed E-state index contributed by atoms with van der Waals surface area (Å²) in [5.41, 5.74) is 0.590. The molecule has 21 heavy (non-hydrogen) atoms. The Bertz CT molecular complexity index is 637. The number of hydrogen-bond donors (Lipinski definition) is 3. The summed E-state index contributed by atoms with van der Waals surface area (Å²) in [7, 11) is 0. The second-order valence-corrected chi connectivity index (χ2v) is 4.76. The normalized spacial score (nSPS) is 11.8. The highest BCUT2D eigenvalue weighted by atomic mass is 35.5. The molecule has 110 valence electrons. The van der Waals surface area contributed by atoms with Gasteiger partial charge in [-0.05, 0) is 18.2 Å². The molecule has 0 radical (unpaired) electrons. The van der Waals surface area contributed by atoms with E-state index >= 15 is 0 Å². The third kappa shape index (κ3) is 4.18. The number of carbonyl (C=O) groups excluding carboxylic acids is 1. The van der Waals surface area contributed by atoms with Gasteiger partial charge in [0.2, 0.25) is 0 Å². The third-order valence-electron chi connectivity index (χ3n) is 2.84. The molecule has 0 fully saturated rings. The molecule has 2 aromatic rings. The zero-order chi connectivity index (χ0) is 15.2. The Morgan fingerprint density at radius 1 is 1.19 bits per heavy atom. The van der Waals surface area contributed by atoms with Crippen molar-refractivity contribution >= 4 is 23.3 Å². The zero-order valence-corrected chi connectivity index (χ0v) is 11.8. The van der Waals surface area contributed by atoms with Crippen molar-refractivity contribution in [3.63, 3.8) is 0 Å². The lowest BCUT2D eigenvalue weighted by Gasteiger charge is -2.14. The Hall–Kier alpha value is -2.11. The van der Waals surface area contributed by atoms with Crippen LogP contribution in [0.15, 0.2) is 48.5 Å². The van der Waals surface area contributed by atoms with E-state index in [-0.39, 0.29) is 12.2 Å². The predicted molar refractivity (Wildman–Crippen MR) is 79.8 cm³/mol. The number of carbonyl (C=O) groups is 1. The summed E-state index contributed by atoms with van der Waals surface area (Å²) < 4.78 is 13.4. The topological polar surface area (TPSA) is 61.4 Å². The van der Waals surface area contributed by atoms with E-state index in [1.165, 1.54) is 18.2 Å². The average molecular weight is 309 g/mol. The number of aliphatic hydroxyl groups excluding tert-OH is 1. The van der Waals surface area contributed by atoms with Crippen molar-refractivity contribution in [2.45, 2.75) is 6.10 Å². The van der Waals surface area contributed by atoms with Crippen molar-refractivity contribution in [1.82, 2.24) is 5.32 Å². The summed E-state index contributed by atoms with van der Waals surface area (Å²) in [4.78, 5) is 11.7. The molecule has 0 saturated heterocycles. The maximum Gasteiger partial charge on any atom is 0.319 e. The van der Waals surface area contributed by atoms with Gasteiger partial charge in [-0.3, -0.25) is 0 Å². The second kappa shape index (κ2) is 7.06. The van der Waals surface area contributed by atoms with Crippen LogP contribution < -0.4 is 10.6 Å². The molecule has 1 atom stereocenters. The van der Waals surface area contributed by atoms with Gasteiger partial charge in [0.25, 0.3) is 0 Å². The van der Waals surface area contributed by atoms with Crippen molar-refractivity contribution in [3.8, 4) is 0 Å². The first-order chi connectivity index (χ1) is 10.1. The average Bonchev–Trinajstić information content (AvgIpc) is 2.48. The maximum absolute atomic E-state index is 13.4. The van der Waals surface area contributed by atoms with Crippen LogP contribution >= 0.6 is 11.6 Å². The fraction of sp³-hybridized carbons (Fsp3) is 0.133. The van der Waals surface area contributed by atoms with Gasteiger partial charge in [-0.15, -0.1) is 0 Å². The largest absolute Gasteiger partial charge is 0.387 e. The fourth-order valence-electron chi connectivity index (χ4n) is 1.77. The van der Waals surface area contributed by atoms with Gasteiger partial charge in [0, 0.05) is 17.1 Å². The van der Waals surface area contributed by atoms with Gasteiger partial charge in [0.15, 0.2) is 0 Å². The van der Waals surface area contributed by atoms with E-state index in [4.69, 9.17) is 11.6 Å². The number of para-hydroxylation sites is 1. The highest BCUT2D eigenvalue weighted by molar-refractivity contribution is 6.31. The molecule has 0 aliphatic rings. The van der Waals surface area contributed by atoms with E-state index < -0.39 is 18.0 Å². The van der Waals surface area contributed by atoms with E-state index in [0.717, 1.165) is 0 Å². The summed E-state index contributed by atoms with van der Waals surface area (Å²) in [6.45, 7) is -0.0377. The number of benzene rings is 2. The van der Waals surface area contributed by atoms with Gasteiger partial charge < -0.3 is 15.7 Å². The number of nitrogens with one attached hydrogen (secondary N) is 2. The molecule has 2 amide bonds. The first-order valence-electron chi connectivity index (χ1n) is 6.30. The molecule has 2 rings (SSSR count). The molecule has 0 bridgehead atoms. The lowest BCUT2D eigenvalue weighted by molar-refractivity contribution is 0.175. The number of hydrogen-bond acceptors (Lipinski definition) is 2. The summed E-state index contributed by atoms with van der Waals surface area (Å²) >= 11 is 5.95. The molecule has 0 aromatic heterocycles. The Balaban J connectivity index is 1.90. The fourth-order valence-corrected chi connectivity index (χ4v) is 2.04. The summed E-state index contributed by atoms with van der Waals surface area (Å²) in [5.74, 6) is -0.528. The molecule has 0 heterocycles. The second-order valence-electron chi connectivity index (χ2n) is 4.35. The lowest BCUT2D eigenvalue weighted by Crippen LogP contribution is -2.32. The van der Waals surface area contributed by atoms with Crippen molar-refractivity contribution in [1.29, 1.82) is 0 Å². The van der Waals surface area contributed by atoms with Crippen LogP contribution in [0.2, 0.25) is 5.02 Å². The van der Waals surface area contributed by atoms with Gasteiger partial charge >= 0.3 is 6.03 Å². The Labute approximate surface area is 126 Å². The van der Waals surface area contributed by atoms with Crippen molar-refractivity contribution < 1.29 is 14.3 Å². The van der Waals surface area contributed by atoms with Crippen LogP contribution in [-0.4, -0.2) is 17.7 Å². The SMILES string of the molecule is O=C(NCC(O)c1ccccc1Cl)Nc1ccccc1F. The van der Waals surface area contributed by atoms with E-state index in [9.17, 15) is 14.3 Å². The van der Waals surface area contributed by atoms with Gasteiger partial charge in [-0.1, -0.05) is 41.9 Å². The molecule has 0 spiro atoms. The lowest BCUT2D eigenvalue weighted by atomic mass is 10.1. The van der Waals surface area contributed by atoms with Crippen LogP contribution in [0.5, 0.6) is 0 Å². The Morgan fingerprint density at radius 3 is 2.57 bits per heavy atom. The van der Waals surface area contributed by atoms with Crippen molar-refractivity contribution in [3.05, 3.63) is 64.9 Å². The molecule has 0 aliphatic carbocycles. The molecular formula is C15H14ClFN2O2. The van der Waals surface area contributed by atoms with Gasteiger partial charge in [0.05, 0.1) is 11.8 Å². The highest BCUT2D eigenvalue weighted by Crippen LogP contribution is 2.21. The summed E-state index contributed by atoms with van der Waals surface area (Å²) in [6, 6.07) is 12.0. The standard InChI is InChI=1S/C15H14ClFN2O2/c16-11-6-2-1-5-10(11)14(20)9-18-15(21)19-13-8-4-3-7-12(13)17/h1-8,14,20H,9H2,(H2,18,19,21). The number of anilines is 1. The van der Waals surface area contributed by atoms with Gasteiger partial charge in [0.1, 0.15) is 5.82 Å². The summed E-state index contributed by atoms with van der Waals surface area (Å²) in [5, 5.41) is 15.2. The molecule has 0 aliphatic heterocycles. The van der Waals surface area contributed by atoms with Crippen LogP contribution in [-0.2, 0) is 0 Å². The highest BCUT2D eigenvalue weighted by Gasteiger charge is 2.13. The van der Waals surface area contributed by atoms with Gasteiger partial charge in [-0.2, -0.15) is 0 Å². The van der Waals surface area contributed by atoms with E-state index in [0.29, 0.717) is 10.6 Å². The van der Waals surface area contributed by atoms with Crippen molar-refractivity contribution in [2.24, 2.45) is 0 Å². The van der Waals surface area contributed by atoms with Crippen LogP contribution in [0.3, 0.4) is 0 Å². The van der Waals surface area contributed by atoms with Crippen LogP contribution in [0, 0.1) is 5.82 Å². The minimum atomic E-state index is -0.940.